The zero-order valence-electron chi connectivity index (χ0n) is 14.0. The maximum atomic E-state index is 13.8. The van der Waals surface area contributed by atoms with Crippen LogP contribution in [0.15, 0.2) is 47.2 Å². The van der Waals surface area contributed by atoms with Gasteiger partial charge in [-0.3, -0.25) is 14.3 Å². The third-order valence-corrected chi connectivity index (χ3v) is 3.95. The number of pyridine rings is 1. The smallest absolute Gasteiger partial charge is 0.272 e. The maximum absolute atomic E-state index is 13.8. The third-order valence-electron chi connectivity index (χ3n) is 3.95. The number of H-pyrrole nitrogens is 1. The van der Waals surface area contributed by atoms with Crippen molar-refractivity contribution in [1.29, 1.82) is 0 Å². The second-order valence-electron chi connectivity index (χ2n) is 5.65. The van der Waals surface area contributed by atoms with Gasteiger partial charge in [0.15, 0.2) is 5.69 Å². The molecule has 1 amide bonds. The third kappa shape index (κ3) is 3.28. The van der Waals surface area contributed by atoms with Gasteiger partial charge >= 0.3 is 0 Å². The standard InChI is InChI=1S/C17H16F2N4O3/c1-23-13(9-8-20-15(24)7-14(9)26-2)6-12(22-23)17(25)21-16-10(18)4-3-5-11(16)19/h3-8,10,16H,1-2H3,(H,20,24)(H,21,25). The topological polar surface area (TPSA) is 89.0 Å². The first kappa shape index (κ1) is 17.6. The van der Waals surface area contributed by atoms with Crippen molar-refractivity contribution in [3.8, 4) is 17.0 Å². The van der Waals surface area contributed by atoms with E-state index < -0.39 is 23.9 Å². The molecule has 7 nitrogen and oxygen atoms in total. The first-order chi connectivity index (χ1) is 12.4. The number of carbonyl (C=O) groups is 1. The van der Waals surface area contributed by atoms with E-state index in [2.05, 4.69) is 15.4 Å². The summed E-state index contributed by atoms with van der Waals surface area (Å²) in [5, 5.41) is 6.37. The predicted octanol–water partition coefficient (Wildman–Crippen LogP) is 1.64. The number of aromatic nitrogens is 3. The Balaban J connectivity index is 1.89. The van der Waals surface area contributed by atoms with Crippen LogP contribution in [0.4, 0.5) is 8.78 Å². The van der Waals surface area contributed by atoms with Gasteiger partial charge in [0.2, 0.25) is 0 Å². The molecule has 1 aliphatic carbocycles. The number of hydrogen-bond acceptors (Lipinski definition) is 4. The molecule has 2 unspecified atom stereocenters. The number of aryl methyl sites for hydroxylation is 1. The van der Waals surface area contributed by atoms with Crippen LogP contribution in [0.5, 0.6) is 5.75 Å². The summed E-state index contributed by atoms with van der Waals surface area (Å²) in [6.07, 6.45) is 3.28. The number of amides is 1. The van der Waals surface area contributed by atoms with E-state index in [9.17, 15) is 18.4 Å². The largest absolute Gasteiger partial charge is 0.496 e. The molecular formula is C17H16F2N4O3. The number of nitrogens with one attached hydrogen (secondary N) is 2. The molecule has 0 saturated carbocycles. The van der Waals surface area contributed by atoms with Crippen LogP contribution < -0.4 is 15.6 Å². The summed E-state index contributed by atoms with van der Waals surface area (Å²) in [4.78, 5) is 26.3. The number of allylic oxidation sites excluding steroid dienone is 2. The highest BCUT2D eigenvalue weighted by Crippen LogP contribution is 2.28. The van der Waals surface area contributed by atoms with Crippen LogP contribution in [0.1, 0.15) is 10.5 Å². The van der Waals surface area contributed by atoms with Gasteiger partial charge in [0, 0.05) is 19.3 Å². The molecule has 2 N–H and O–H groups in total. The molecule has 0 bridgehead atoms. The summed E-state index contributed by atoms with van der Waals surface area (Å²) in [5.41, 5.74) is 0.633. The molecular weight excluding hydrogens is 346 g/mol. The Morgan fingerprint density at radius 3 is 2.88 bits per heavy atom. The number of nitrogens with zero attached hydrogens (tertiary/aromatic N) is 2. The number of rotatable bonds is 4. The SMILES string of the molecule is COc1cc(=O)[nH]cc1-c1cc(C(=O)NC2C(F)=CC=CC2F)nn1C. The molecule has 0 radical (unpaired) electrons. The summed E-state index contributed by atoms with van der Waals surface area (Å²) in [6, 6.07) is 1.32. The van der Waals surface area contributed by atoms with Crippen molar-refractivity contribution in [3.63, 3.8) is 0 Å². The summed E-state index contributed by atoms with van der Waals surface area (Å²) >= 11 is 0. The highest BCUT2D eigenvalue weighted by atomic mass is 19.1. The van der Waals surface area contributed by atoms with Crippen LogP contribution >= 0.6 is 0 Å². The van der Waals surface area contributed by atoms with Crippen molar-refractivity contribution in [3.05, 3.63) is 58.4 Å². The van der Waals surface area contributed by atoms with Crippen LogP contribution in [0, 0.1) is 0 Å². The molecule has 0 saturated heterocycles. The van der Waals surface area contributed by atoms with E-state index in [0.29, 0.717) is 17.0 Å². The molecule has 0 spiro atoms. The first-order valence-corrected chi connectivity index (χ1v) is 7.70. The molecule has 2 aromatic heterocycles. The summed E-state index contributed by atoms with van der Waals surface area (Å²) in [7, 11) is 3.01. The Kier molecular flexibility index (Phi) is 4.70. The number of methoxy groups -OCH3 is 1. The highest BCUT2D eigenvalue weighted by molar-refractivity contribution is 5.94. The van der Waals surface area contributed by atoms with E-state index in [0.717, 1.165) is 12.2 Å². The lowest BCUT2D eigenvalue weighted by Gasteiger charge is -2.20. The van der Waals surface area contributed by atoms with Crippen molar-refractivity contribution < 1.29 is 18.3 Å². The number of aromatic amines is 1. The fourth-order valence-electron chi connectivity index (χ4n) is 2.64. The van der Waals surface area contributed by atoms with Crippen molar-refractivity contribution >= 4 is 5.91 Å². The highest BCUT2D eigenvalue weighted by Gasteiger charge is 2.28. The number of alkyl halides is 1. The molecule has 136 valence electrons. The van der Waals surface area contributed by atoms with Gasteiger partial charge in [0.1, 0.15) is 23.8 Å². The van der Waals surface area contributed by atoms with E-state index in [4.69, 9.17) is 4.74 Å². The molecule has 0 aliphatic heterocycles. The van der Waals surface area contributed by atoms with Crippen LogP contribution in [0.25, 0.3) is 11.3 Å². The molecule has 2 atom stereocenters. The van der Waals surface area contributed by atoms with Gasteiger partial charge in [-0.25, -0.2) is 8.78 Å². The molecule has 9 heteroatoms. The number of hydrogen-bond donors (Lipinski definition) is 2. The first-order valence-electron chi connectivity index (χ1n) is 7.70. The second kappa shape index (κ2) is 6.95. The lowest BCUT2D eigenvalue weighted by atomic mass is 10.1. The van der Waals surface area contributed by atoms with E-state index in [1.807, 2.05) is 0 Å². The van der Waals surface area contributed by atoms with E-state index in [1.165, 1.54) is 36.2 Å². The summed E-state index contributed by atoms with van der Waals surface area (Å²) in [5.74, 6) is -1.19. The van der Waals surface area contributed by atoms with Gasteiger partial charge < -0.3 is 15.0 Å². The van der Waals surface area contributed by atoms with Crippen molar-refractivity contribution in [2.24, 2.45) is 7.05 Å². The second-order valence-corrected chi connectivity index (χ2v) is 5.65. The fourth-order valence-corrected chi connectivity index (χ4v) is 2.64. The molecule has 2 aromatic rings. The quantitative estimate of drug-likeness (QED) is 0.865. The van der Waals surface area contributed by atoms with Crippen LogP contribution in [-0.4, -0.2) is 40.0 Å². The Hall–Kier alpha value is -3.23. The number of carbonyl (C=O) groups excluding carboxylic acids is 1. The van der Waals surface area contributed by atoms with E-state index >= 15 is 0 Å². The monoisotopic (exact) mass is 362 g/mol. The summed E-state index contributed by atoms with van der Waals surface area (Å²) in [6.45, 7) is 0. The minimum Gasteiger partial charge on any atom is -0.496 e. The maximum Gasteiger partial charge on any atom is 0.272 e. The van der Waals surface area contributed by atoms with Gasteiger partial charge in [-0.15, -0.1) is 0 Å². The Bertz CT molecular complexity index is 961. The zero-order chi connectivity index (χ0) is 18.8. The van der Waals surface area contributed by atoms with Gasteiger partial charge in [0.25, 0.3) is 11.5 Å². The molecule has 0 fully saturated rings. The van der Waals surface area contributed by atoms with E-state index in [1.54, 1.807) is 7.05 Å². The van der Waals surface area contributed by atoms with Crippen LogP contribution in [0.3, 0.4) is 0 Å². The molecule has 2 heterocycles. The lowest BCUT2D eigenvalue weighted by Crippen LogP contribution is -2.42. The lowest BCUT2D eigenvalue weighted by molar-refractivity contribution is 0.0915. The average Bonchev–Trinajstić information content (AvgIpc) is 2.99. The average molecular weight is 362 g/mol. The zero-order valence-corrected chi connectivity index (χ0v) is 14.0. The van der Waals surface area contributed by atoms with Gasteiger partial charge in [-0.2, -0.15) is 5.10 Å². The van der Waals surface area contributed by atoms with Gasteiger partial charge in [-0.05, 0) is 18.2 Å². The Morgan fingerprint density at radius 2 is 2.19 bits per heavy atom. The van der Waals surface area contributed by atoms with Crippen LogP contribution in [0.2, 0.25) is 0 Å². The Morgan fingerprint density at radius 1 is 1.42 bits per heavy atom. The number of halogens is 2. The Labute approximate surface area is 147 Å². The minimum atomic E-state index is -1.66. The molecule has 0 aromatic carbocycles. The molecule has 26 heavy (non-hydrogen) atoms. The van der Waals surface area contributed by atoms with E-state index in [-0.39, 0.29) is 11.3 Å². The molecule has 1 aliphatic rings. The van der Waals surface area contributed by atoms with Crippen LogP contribution in [-0.2, 0) is 7.05 Å². The normalized spacial score (nSPS) is 19.2. The predicted molar refractivity (Wildman–Crippen MR) is 90.3 cm³/mol. The van der Waals surface area contributed by atoms with Gasteiger partial charge in [-0.1, -0.05) is 6.08 Å². The van der Waals surface area contributed by atoms with Crippen molar-refractivity contribution in [2.45, 2.75) is 12.2 Å². The van der Waals surface area contributed by atoms with Gasteiger partial charge in [0.05, 0.1) is 18.4 Å². The van der Waals surface area contributed by atoms with Crippen molar-refractivity contribution in [1.82, 2.24) is 20.1 Å². The summed E-state index contributed by atoms with van der Waals surface area (Å²) < 4.78 is 34.1. The molecule has 3 rings (SSSR count). The minimum absolute atomic E-state index is 0.0229. The van der Waals surface area contributed by atoms with Crippen molar-refractivity contribution in [2.75, 3.05) is 7.11 Å². The number of ether oxygens (including phenoxy) is 1. The fraction of sp³-hybridized carbons (Fsp3) is 0.235.